The topological polar surface area (TPSA) is 41.9 Å². The summed E-state index contributed by atoms with van der Waals surface area (Å²) in [7, 11) is 2.22. The van der Waals surface area contributed by atoms with Gasteiger partial charge in [-0.3, -0.25) is 4.90 Å². The molecule has 1 N–H and O–H groups in total. The molecule has 4 nitrogen and oxygen atoms in total. The standard InChI is InChI=1S/C19H29NO3.ClH/c1-3-4-12-20(2)18(16-6-5-7-17(21)15-16)8-10-19(11-9-18)22-13-14-23-19;/h5-7,15,21H,3-4,8-14H2,1-2H3;1H. The molecule has 0 unspecified atom stereocenters. The lowest BCUT2D eigenvalue weighted by Gasteiger charge is -2.49. The number of halogens is 1. The Labute approximate surface area is 151 Å². The van der Waals surface area contributed by atoms with Gasteiger partial charge in [-0.1, -0.05) is 25.5 Å². The minimum atomic E-state index is -0.355. The number of rotatable bonds is 5. The molecule has 1 aliphatic heterocycles. The molecule has 2 aliphatic rings. The van der Waals surface area contributed by atoms with E-state index in [1.807, 2.05) is 12.1 Å². The number of nitrogens with zero attached hydrogens (tertiary/aromatic N) is 1. The fourth-order valence-electron chi connectivity index (χ4n) is 4.13. The Morgan fingerprint density at radius 3 is 2.38 bits per heavy atom. The van der Waals surface area contributed by atoms with Crippen LogP contribution in [-0.4, -0.2) is 42.6 Å². The molecule has 0 bridgehead atoms. The highest BCUT2D eigenvalue weighted by Gasteiger charge is 2.48. The van der Waals surface area contributed by atoms with Crippen molar-refractivity contribution >= 4 is 12.4 Å². The first kappa shape index (κ1) is 19.5. The summed E-state index contributed by atoms with van der Waals surface area (Å²) < 4.78 is 11.8. The maximum Gasteiger partial charge on any atom is 0.168 e. The smallest absolute Gasteiger partial charge is 0.168 e. The van der Waals surface area contributed by atoms with Gasteiger partial charge in [0.1, 0.15) is 5.75 Å². The van der Waals surface area contributed by atoms with E-state index < -0.39 is 0 Å². The Bertz CT molecular complexity index is 521. The summed E-state index contributed by atoms with van der Waals surface area (Å²) in [6.07, 6.45) is 6.21. The molecule has 1 saturated heterocycles. The van der Waals surface area contributed by atoms with E-state index in [-0.39, 0.29) is 23.7 Å². The Morgan fingerprint density at radius 1 is 1.12 bits per heavy atom. The van der Waals surface area contributed by atoms with Crippen LogP contribution >= 0.6 is 12.4 Å². The van der Waals surface area contributed by atoms with Crippen molar-refractivity contribution in [2.75, 3.05) is 26.8 Å². The second-order valence-corrected chi connectivity index (χ2v) is 6.96. The molecule has 24 heavy (non-hydrogen) atoms. The summed E-state index contributed by atoms with van der Waals surface area (Å²) in [6, 6.07) is 7.77. The summed E-state index contributed by atoms with van der Waals surface area (Å²) in [5.41, 5.74) is 1.18. The fraction of sp³-hybridized carbons (Fsp3) is 0.684. The Kier molecular flexibility index (Phi) is 6.54. The second-order valence-electron chi connectivity index (χ2n) is 6.96. The zero-order chi connectivity index (χ0) is 16.3. The molecule has 0 radical (unpaired) electrons. The fourth-order valence-corrected chi connectivity index (χ4v) is 4.13. The highest BCUT2D eigenvalue weighted by atomic mass is 35.5. The van der Waals surface area contributed by atoms with Crippen LogP contribution in [0.1, 0.15) is 51.0 Å². The molecular weight excluding hydrogens is 326 g/mol. The van der Waals surface area contributed by atoms with E-state index >= 15 is 0 Å². The van der Waals surface area contributed by atoms with E-state index in [1.54, 1.807) is 6.07 Å². The number of hydrogen-bond donors (Lipinski definition) is 1. The van der Waals surface area contributed by atoms with Gasteiger partial charge in [0.2, 0.25) is 0 Å². The number of benzene rings is 1. The van der Waals surface area contributed by atoms with Crippen molar-refractivity contribution in [3.63, 3.8) is 0 Å². The highest BCUT2D eigenvalue weighted by Crippen LogP contribution is 2.48. The van der Waals surface area contributed by atoms with Gasteiger partial charge >= 0.3 is 0 Å². The normalized spacial score (nSPS) is 21.8. The van der Waals surface area contributed by atoms with Gasteiger partial charge in [-0.15, -0.1) is 12.4 Å². The highest BCUT2D eigenvalue weighted by molar-refractivity contribution is 5.85. The predicted molar refractivity (Wildman–Crippen MR) is 97.7 cm³/mol. The van der Waals surface area contributed by atoms with Crippen LogP contribution < -0.4 is 0 Å². The van der Waals surface area contributed by atoms with Gasteiger partial charge < -0.3 is 14.6 Å². The molecule has 0 aromatic heterocycles. The maximum atomic E-state index is 9.95. The lowest BCUT2D eigenvalue weighted by Crippen LogP contribution is -2.51. The monoisotopic (exact) mass is 355 g/mol. The largest absolute Gasteiger partial charge is 0.508 e. The van der Waals surface area contributed by atoms with E-state index in [9.17, 15) is 5.11 Å². The van der Waals surface area contributed by atoms with Crippen LogP contribution in [0.5, 0.6) is 5.75 Å². The summed E-state index contributed by atoms with van der Waals surface area (Å²) >= 11 is 0. The molecular formula is C19H30ClNO3. The van der Waals surface area contributed by atoms with Gasteiger partial charge in [0.15, 0.2) is 5.79 Å². The lowest BCUT2D eigenvalue weighted by atomic mass is 9.73. The van der Waals surface area contributed by atoms with Gasteiger partial charge in [0.05, 0.1) is 13.2 Å². The molecule has 1 aromatic carbocycles. The van der Waals surface area contributed by atoms with Crippen LogP contribution in [0.15, 0.2) is 24.3 Å². The first-order valence-electron chi connectivity index (χ1n) is 8.89. The van der Waals surface area contributed by atoms with Crippen LogP contribution in [0.2, 0.25) is 0 Å². The molecule has 2 fully saturated rings. The van der Waals surface area contributed by atoms with E-state index in [4.69, 9.17) is 9.47 Å². The van der Waals surface area contributed by atoms with Crippen molar-refractivity contribution in [3.05, 3.63) is 29.8 Å². The molecule has 1 heterocycles. The third-order valence-electron chi connectivity index (χ3n) is 5.61. The maximum absolute atomic E-state index is 9.95. The summed E-state index contributed by atoms with van der Waals surface area (Å²) in [5, 5.41) is 9.95. The van der Waals surface area contributed by atoms with E-state index in [0.717, 1.165) is 32.2 Å². The van der Waals surface area contributed by atoms with Crippen molar-refractivity contribution in [1.29, 1.82) is 0 Å². The van der Waals surface area contributed by atoms with Gasteiger partial charge in [-0.25, -0.2) is 0 Å². The molecule has 5 heteroatoms. The van der Waals surface area contributed by atoms with Crippen LogP contribution in [0.25, 0.3) is 0 Å². The number of hydrogen-bond acceptors (Lipinski definition) is 4. The summed E-state index contributed by atoms with van der Waals surface area (Å²) in [5.74, 6) is -0.00855. The number of aromatic hydroxyl groups is 1. The minimum absolute atomic E-state index is 0. The van der Waals surface area contributed by atoms with Crippen molar-refractivity contribution < 1.29 is 14.6 Å². The van der Waals surface area contributed by atoms with Crippen LogP contribution in [-0.2, 0) is 15.0 Å². The van der Waals surface area contributed by atoms with E-state index in [2.05, 4.69) is 24.9 Å². The van der Waals surface area contributed by atoms with Gasteiger partial charge in [-0.05, 0) is 50.6 Å². The van der Waals surface area contributed by atoms with Gasteiger partial charge in [0, 0.05) is 18.4 Å². The first-order valence-corrected chi connectivity index (χ1v) is 8.89. The van der Waals surface area contributed by atoms with E-state index in [1.165, 1.54) is 18.4 Å². The summed E-state index contributed by atoms with van der Waals surface area (Å²) in [6.45, 7) is 4.72. The van der Waals surface area contributed by atoms with Crippen molar-refractivity contribution in [2.24, 2.45) is 0 Å². The number of phenols is 1. The van der Waals surface area contributed by atoms with Crippen molar-refractivity contribution in [3.8, 4) is 5.75 Å². The van der Waals surface area contributed by atoms with Crippen LogP contribution in [0, 0.1) is 0 Å². The third-order valence-corrected chi connectivity index (χ3v) is 5.61. The Hall–Kier alpha value is -0.810. The molecule has 0 amide bonds. The quantitative estimate of drug-likeness (QED) is 0.864. The van der Waals surface area contributed by atoms with Gasteiger partial charge in [0.25, 0.3) is 0 Å². The molecule has 1 aliphatic carbocycles. The van der Waals surface area contributed by atoms with Crippen molar-refractivity contribution in [2.45, 2.75) is 56.8 Å². The average molecular weight is 356 g/mol. The zero-order valence-corrected chi connectivity index (χ0v) is 15.6. The average Bonchev–Trinajstić information content (AvgIpc) is 3.02. The molecule has 1 saturated carbocycles. The molecule has 1 aromatic rings. The zero-order valence-electron chi connectivity index (χ0n) is 14.8. The predicted octanol–water partition coefficient (Wildman–Crippen LogP) is 4.06. The number of ether oxygens (including phenoxy) is 2. The molecule has 1 spiro atoms. The Balaban J connectivity index is 0.00000208. The minimum Gasteiger partial charge on any atom is -0.508 e. The second kappa shape index (κ2) is 8.05. The van der Waals surface area contributed by atoms with E-state index in [0.29, 0.717) is 19.0 Å². The van der Waals surface area contributed by atoms with Crippen LogP contribution in [0.3, 0.4) is 0 Å². The molecule has 0 atom stereocenters. The lowest BCUT2D eigenvalue weighted by molar-refractivity contribution is -0.194. The van der Waals surface area contributed by atoms with Gasteiger partial charge in [-0.2, -0.15) is 0 Å². The SMILES string of the molecule is CCCCN(C)C1(c2cccc(O)c2)CCC2(CC1)OCCO2.Cl. The third kappa shape index (κ3) is 3.72. The van der Waals surface area contributed by atoms with Crippen LogP contribution in [0.4, 0.5) is 0 Å². The Morgan fingerprint density at radius 2 is 1.79 bits per heavy atom. The van der Waals surface area contributed by atoms with Crippen molar-refractivity contribution in [1.82, 2.24) is 4.90 Å². The molecule has 3 rings (SSSR count). The molecule has 136 valence electrons. The first-order chi connectivity index (χ1) is 11.1. The number of phenolic OH excluding ortho intramolecular Hbond substituents is 1. The number of unbranched alkanes of at least 4 members (excludes halogenated alkanes) is 1. The summed E-state index contributed by atoms with van der Waals surface area (Å²) in [4.78, 5) is 2.48.